The highest BCUT2D eigenvalue weighted by atomic mass is 35.5. The van der Waals surface area contributed by atoms with Crippen molar-refractivity contribution in [3.63, 3.8) is 0 Å². The maximum absolute atomic E-state index is 10.7. The van der Waals surface area contributed by atoms with Crippen molar-refractivity contribution < 1.29 is 20.1 Å². The third kappa shape index (κ3) is 2.90. The number of rotatable bonds is 2. The molecule has 17 heavy (non-hydrogen) atoms. The van der Waals surface area contributed by atoms with Crippen LogP contribution in [-0.4, -0.2) is 21.3 Å². The minimum Gasteiger partial charge on any atom is -0.506 e. The molecule has 0 amide bonds. The Bertz CT molecular complexity index is 449. The maximum Gasteiger partial charge on any atom is 0.337 e. The van der Waals surface area contributed by atoms with Gasteiger partial charge in [-0.05, 0) is 23.1 Å². The van der Waals surface area contributed by atoms with Gasteiger partial charge in [-0.2, -0.15) is 0 Å². The first-order valence-electron chi connectivity index (χ1n) is 5.08. The number of carbonyl (C=O) groups is 1. The average molecular weight is 259 g/mol. The zero-order valence-corrected chi connectivity index (χ0v) is 10.6. The van der Waals surface area contributed by atoms with Crippen molar-refractivity contribution >= 4 is 17.6 Å². The Hall–Kier alpha value is -1.26. The third-order valence-electron chi connectivity index (χ3n) is 2.49. The van der Waals surface area contributed by atoms with Crippen LogP contribution >= 0.6 is 11.6 Å². The van der Waals surface area contributed by atoms with Crippen LogP contribution in [-0.2, 0) is 10.2 Å². The molecule has 0 fully saturated rings. The molecule has 1 aromatic carbocycles. The molecule has 0 bridgehead atoms. The lowest BCUT2D eigenvalue weighted by atomic mass is 9.85. The van der Waals surface area contributed by atoms with E-state index in [1.807, 2.05) is 20.8 Å². The Morgan fingerprint density at radius 3 is 2.29 bits per heavy atom. The number of phenols is 1. The predicted octanol–water partition coefficient (Wildman–Crippen LogP) is 2.46. The Kier molecular flexibility index (Phi) is 3.69. The largest absolute Gasteiger partial charge is 0.506 e. The lowest BCUT2D eigenvalue weighted by molar-refractivity contribution is -0.147. The van der Waals surface area contributed by atoms with Crippen molar-refractivity contribution in [2.45, 2.75) is 32.3 Å². The van der Waals surface area contributed by atoms with Crippen LogP contribution in [0.5, 0.6) is 5.75 Å². The van der Waals surface area contributed by atoms with E-state index in [4.69, 9.17) is 16.7 Å². The lowest BCUT2D eigenvalue weighted by Gasteiger charge is -2.21. The number of aromatic hydroxyl groups is 1. The summed E-state index contributed by atoms with van der Waals surface area (Å²) in [5.74, 6) is -1.82. The first-order chi connectivity index (χ1) is 7.64. The molecule has 5 heteroatoms. The van der Waals surface area contributed by atoms with Gasteiger partial charge >= 0.3 is 5.97 Å². The number of halogens is 1. The monoisotopic (exact) mass is 258 g/mol. The van der Waals surface area contributed by atoms with E-state index in [1.165, 1.54) is 6.07 Å². The van der Waals surface area contributed by atoms with Gasteiger partial charge in [-0.25, -0.2) is 4.79 Å². The van der Waals surface area contributed by atoms with Crippen LogP contribution in [0, 0.1) is 0 Å². The summed E-state index contributed by atoms with van der Waals surface area (Å²) in [7, 11) is 0. The summed E-state index contributed by atoms with van der Waals surface area (Å²) in [6.45, 7) is 5.77. The van der Waals surface area contributed by atoms with Crippen LogP contribution < -0.4 is 0 Å². The van der Waals surface area contributed by atoms with E-state index in [1.54, 1.807) is 6.07 Å². The molecule has 1 unspecified atom stereocenters. The molecule has 4 nitrogen and oxygen atoms in total. The molecule has 0 aliphatic heterocycles. The molecule has 0 heterocycles. The Balaban J connectivity index is 3.40. The van der Waals surface area contributed by atoms with Gasteiger partial charge in [-0.15, -0.1) is 0 Å². The summed E-state index contributed by atoms with van der Waals surface area (Å²) in [5.41, 5.74) is 0.398. The van der Waals surface area contributed by atoms with Gasteiger partial charge in [0.15, 0.2) is 6.10 Å². The number of aliphatic hydroxyl groups is 1. The smallest absolute Gasteiger partial charge is 0.337 e. The molecule has 0 radical (unpaired) electrons. The van der Waals surface area contributed by atoms with E-state index >= 15 is 0 Å². The van der Waals surface area contributed by atoms with E-state index in [9.17, 15) is 15.0 Å². The molecule has 1 atom stereocenters. The summed E-state index contributed by atoms with van der Waals surface area (Å²) in [4.78, 5) is 10.7. The number of carboxylic acids is 1. The van der Waals surface area contributed by atoms with Crippen molar-refractivity contribution in [2.75, 3.05) is 0 Å². The van der Waals surface area contributed by atoms with Gasteiger partial charge in [0.1, 0.15) is 5.75 Å². The van der Waals surface area contributed by atoms with E-state index in [2.05, 4.69) is 0 Å². The second-order valence-corrected chi connectivity index (χ2v) is 5.29. The van der Waals surface area contributed by atoms with Crippen LogP contribution in [0.1, 0.15) is 38.0 Å². The number of phenolic OH excluding ortho intramolecular Hbond substituents is 1. The molecule has 0 aliphatic carbocycles. The summed E-state index contributed by atoms with van der Waals surface area (Å²) in [6.07, 6.45) is -1.78. The van der Waals surface area contributed by atoms with Crippen LogP contribution in [0.2, 0.25) is 5.02 Å². The molecule has 0 saturated heterocycles. The summed E-state index contributed by atoms with van der Waals surface area (Å²) in [5, 5.41) is 27.9. The first kappa shape index (κ1) is 13.8. The number of hydrogen-bond donors (Lipinski definition) is 3. The van der Waals surface area contributed by atoms with Crippen LogP contribution in [0.3, 0.4) is 0 Å². The van der Waals surface area contributed by atoms with Crippen molar-refractivity contribution in [1.29, 1.82) is 0 Å². The van der Waals surface area contributed by atoms with Gasteiger partial charge in [-0.3, -0.25) is 0 Å². The zero-order valence-electron chi connectivity index (χ0n) is 9.86. The molecule has 0 spiro atoms. The summed E-state index contributed by atoms with van der Waals surface area (Å²) in [6, 6.07) is 3.02. The molecule has 3 N–H and O–H groups in total. The molecule has 1 aromatic rings. The van der Waals surface area contributed by atoms with Gasteiger partial charge in [0.25, 0.3) is 0 Å². The number of aliphatic carboxylic acids is 1. The quantitative estimate of drug-likeness (QED) is 0.761. The van der Waals surface area contributed by atoms with Gasteiger partial charge in [0, 0.05) is 5.56 Å². The minimum absolute atomic E-state index is 0.0349. The zero-order chi connectivity index (χ0) is 13.4. The molecule has 0 aliphatic rings. The highest BCUT2D eigenvalue weighted by molar-refractivity contribution is 6.32. The van der Waals surface area contributed by atoms with E-state index in [0.717, 1.165) is 5.56 Å². The van der Waals surface area contributed by atoms with E-state index in [-0.39, 0.29) is 16.0 Å². The fraction of sp³-hybridized carbons (Fsp3) is 0.417. The molecule has 1 rings (SSSR count). The van der Waals surface area contributed by atoms with Gasteiger partial charge in [0.2, 0.25) is 0 Å². The Morgan fingerprint density at radius 2 is 1.88 bits per heavy atom. The molecule has 0 aromatic heterocycles. The molecular weight excluding hydrogens is 244 g/mol. The van der Waals surface area contributed by atoms with Crippen LogP contribution in [0.4, 0.5) is 0 Å². The second-order valence-electron chi connectivity index (χ2n) is 4.89. The highest BCUT2D eigenvalue weighted by Gasteiger charge is 2.25. The Morgan fingerprint density at radius 1 is 1.35 bits per heavy atom. The van der Waals surface area contributed by atoms with Crippen molar-refractivity contribution in [3.05, 3.63) is 28.3 Å². The number of aliphatic hydroxyl groups excluding tert-OH is 1. The fourth-order valence-electron chi connectivity index (χ4n) is 1.39. The van der Waals surface area contributed by atoms with Crippen molar-refractivity contribution in [2.24, 2.45) is 0 Å². The number of benzene rings is 1. The van der Waals surface area contributed by atoms with Crippen molar-refractivity contribution in [3.8, 4) is 5.75 Å². The third-order valence-corrected chi connectivity index (χ3v) is 2.78. The van der Waals surface area contributed by atoms with E-state index in [0.29, 0.717) is 0 Å². The van der Waals surface area contributed by atoms with Gasteiger partial charge in [0.05, 0.1) is 5.02 Å². The highest BCUT2D eigenvalue weighted by Crippen LogP contribution is 2.36. The van der Waals surface area contributed by atoms with Gasteiger partial charge < -0.3 is 15.3 Å². The van der Waals surface area contributed by atoms with Crippen LogP contribution in [0.25, 0.3) is 0 Å². The van der Waals surface area contributed by atoms with Crippen molar-refractivity contribution in [1.82, 2.24) is 0 Å². The average Bonchev–Trinajstić information content (AvgIpc) is 2.19. The Labute approximate surface area is 104 Å². The van der Waals surface area contributed by atoms with Crippen LogP contribution in [0.15, 0.2) is 12.1 Å². The first-order valence-corrected chi connectivity index (χ1v) is 5.46. The molecule has 0 saturated carbocycles. The normalized spacial score (nSPS) is 13.5. The fourth-order valence-corrected chi connectivity index (χ4v) is 1.62. The topological polar surface area (TPSA) is 77.8 Å². The van der Waals surface area contributed by atoms with Gasteiger partial charge in [-0.1, -0.05) is 32.4 Å². The van der Waals surface area contributed by atoms with E-state index < -0.39 is 17.8 Å². The summed E-state index contributed by atoms with van der Waals surface area (Å²) < 4.78 is 0. The second kappa shape index (κ2) is 4.55. The SMILES string of the molecule is CC(C)(C)c1cc(Cl)c(O)c(C(O)C(=O)O)c1. The summed E-state index contributed by atoms with van der Waals surface area (Å²) >= 11 is 5.82. The molecule has 94 valence electrons. The number of hydrogen-bond acceptors (Lipinski definition) is 3. The minimum atomic E-state index is -1.78. The number of carboxylic acid groups (broad SMARTS) is 1. The lowest BCUT2D eigenvalue weighted by Crippen LogP contribution is -2.15. The predicted molar refractivity (Wildman–Crippen MR) is 64.4 cm³/mol. The standard InChI is InChI=1S/C12H15ClO4/c1-12(2,3)6-4-7(10(15)11(16)17)9(14)8(13)5-6/h4-5,10,14-15H,1-3H3,(H,16,17). The molecular formula is C12H15ClO4. The maximum atomic E-state index is 10.7.